The molecule has 1 aromatic heterocycles. The molecule has 2 aromatic carbocycles. The topological polar surface area (TPSA) is 103 Å². The van der Waals surface area contributed by atoms with Gasteiger partial charge in [0.15, 0.2) is 6.61 Å². The van der Waals surface area contributed by atoms with Gasteiger partial charge in [-0.3, -0.25) is 9.59 Å². The van der Waals surface area contributed by atoms with Gasteiger partial charge in [-0.25, -0.2) is 9.18 Å². The van der Waals surface area contributed by atoms with Crippen molar-refractivity contribution < 1.29 is 23.1 Å². The van der Waals surface area contributed by atoms with Crippen LogP contribution in [0.2, 0.25) is 0 Å². The van der Waals surface area contributed by atoms with E-state index in [9.17, 15) is 18.8 Å². The van der Waals surface area contributed by atoms with Gasteiger partial charge in [0.2, 0.25) is 5.89 Å². The summed E-state index contributed by atoms with van der Waals surface area (Å²) in [5.41, 5.74) is 1.27. The van der Waals surface area contributed by atoms with E-state index in [4.69, 9.17) is 9.15 Å². The Morgan fingerprint density at radius 3 is 2.53 bits per heavy atom. The van der Waals surface area contributed by atoms with Gasteiger partial charge < -0.3 is 14.5 Å². The molecule has 1 N–H and O–H groups in total. The molecule has 1 amide bonds. The van der Waals surface area contributed by atoms with Crippen molar-refractivity contribution in [1.82, 2.24) is 15.1 Å². The smallest absolute Gasteiger partial charge is 0.437 e. The van der Waals surface area contributed by atoms with E-state index >= 15 is 0 Å². The molecule has 1 unspecified atom stereocenters. The highest BCUT2D eigenvalue weighted by atomic mass is 79.9. The molecule has 0 radical (unpaired) electrons. The third-order valence-corrected chi connectivity index (χ3v) is 4.62. The summed E-state index contributed by atoms with van der Waals surface area (Å²) in [6.45, 7) is 0.769. The molecule has 0 aliphatic rings. The number of halogens is 2. The first kappa shape index (κ1) is 21.4. The Morgan fingerprint density at radius 2 is 1.87 bits per heavy atom. The molecule has 1 heterocycles. The fourth-order valence-electron chi connectivity index (χ4n) is 2.55. The lowest BCUT2D eigenvalue weighted by Gasteiger charge is -2.14. The van der Waals surface area contributed by atoms with Crippen molar-refractivity contribution in [1.29, 1.82) is 0 Å². The van der Waals surface area contributed by atoms with Crippen LogP contribution in [0.15, 0.2) is 62.2 Å². The molecule has 3 aromatic rings. The molecule has 30 heavy (non-hydrogen) atoms. The predicted octanol–water partition coefficient (Wildman–Crippen LogP) is 2.83. The van der Waals surface area contributed by atoms with Crippen LogP contribution < -0.4 is 11.1 Å². The number of esters is 1. The maximum absolute atomic E-state index is 13.0. The molecule has 0 spiro atoms. The van der Waals surface area contributed by atoms with Crippen LogP contribution in [0.5, 0.6) is 0 Å². The summed E-state index contributed by atoms with van der Waals surface area (Å²) in [5.74, 6) is -2.70. The van der Waals surface area contributed by atoms with Gasteiger partial charge in [0.05, 0.1) is 6.04 Å². The van der Waals surface area contributed by atoms with Crippen LogP contribution in [-0.4, -0.2) is 28.3 Å². The van der Waals surface area contributed by atoms with Crippen LogP contribution in [0, 0.1) is 5.82 Å². The van der Waals surface area contributed by atoms with Crippen molar-refractivity contribution in [2.75, 3.05) is 6.61 Å². The number of nitrogens with zero attached hydrogens (tertiary/aromatic N) is 2. The Balaban J connectivity index is 1.52. The Hall–Kier alpha value is -3.27. The van der Waals surface area contributed by atoms with E-state index in [2.05, 4.69) is 26.3 Å². The number of nitrogens with one attached hydrogen (secondary N) is 1. The minimum Gasteiger partial charge on any atom is -0.454 e. The molecule has 3 rings (SSSR count). The van der Waals surface area contributed by atoms with Gasteiger partial charge in [-0.15, -0.1) is 5.10 Å². The number of aromatic nitrogens is 2. The second-order valence-corrected chi connectivity index (χ2v) is 7.25. The number of hydrogen-bond acceptors (Lipinski definition) is 6. The normalized spacial score (nSPS) is 11.7. The van der Waals surface area contributed by atoms with Gasteiger partial charge in [-0.1, -0.05) is 28.1 Å². The van der Waals surface area contributed by atoms with Crippen molar-refractivity contribution >= 4 is 27.8 Å². The third-order valence-electron chi connectivity index (χ3n) is 4.09. The maximum Gasteiger partial charge on any atom is 0.437 e. The van der Waals surface area contributed by atoms with Crippen molar-refractivity contribution in [3.05, 3.63) is 74.9 Å². The number of ether oxygens (including phenoxy) is 1. The minimum atomic E-state index is -0.875. The van der Waals surface area contributed by atoms with E-state index in [1.54, 1.807) is 6.92 Å². The number of amides is 1. The highest BCUT2D eigenvalue weighted by Gasteiger charge is 2.16. The van der Waals surface area contributed by atoms with E-state index in [-0.39, 0.29) is 11.9 Å². The van der Waals surface area contributed by atoms with Crippen molar-refractivity contribution in [3.63, 3.8) is 0 Å². The highest BCUT2D eigenvalue weighted by molar-refractivity contribution is 9.10. The number of carbonyl (C=O) groups excluding carboxylic acids is 2. The van der Waals surface area contributed by atoms with Gasteiger partial charge in [0.25, 0.3) is 5.91 Å². The van der Waals surface area contributed by atoms with E-state index in [1.807, 2.05) is 24.3 Å². The van der Waals surface area contributed by atoms with Gasteiger partial charge in [-0.05, 0) is 48.9 Å². The molecule has 0 saturated heterocycles. The van der Waals surface area contributed by atoms with E-state index in [1.165, 1.54) is 24.3 Å². The summed E-state index contributed by atoms with van der Waals surface area (Å²) in [4.78, 5) is 35.8. The fraction of sp³-hybridized carbons (Fsp3) is 0.200. The molecular weight excluding hydrogens is 461 g/mol. The van der Waals surface area contributed by atoms with Crippen LogP contribution in [0.4, 0.5) is 4.39 Å². The molecule has 10 heteroatoms. The average Bonchev–Trinajstić information content (AvgIpc) is 3.07. The molecule has 8 nitrogen and oxygen atoms in total. The van der Waals surface area contributed by atoms with E-state index in [0.29, 0.717) is 5.56 Å². The maximum atomic E-state index is 13.0. The summed E-state index contributed by atoms with van der Waals surface area (Å²) >= 11 is 3.34. The Kier molecular flexibility index (Phi) is 6.78. The standard InChI is InChI=1S/C20H17BrFN3O5/c1-12(13-2-6-15(21)7-3-13)23-17(26)11-29-18(27)10-25-20(28)30-19(24-25)14-4-8-16(22)9-5-14/h2-9,12H,10-11H2,1H3,(H,23,26). The lowest BCUT2D eigenvalue weighted by molar-refractivity contribution is -0.149. The molecular formula is C20H17BrFN3O5. The largest absolute Gasteiger partial charge is 0.454 e. The first-order chi connectivity index (χ1) is 14.3. The summed E-state index contributed by atoms with van der Waals surface area (Å²) in [5, 5.41) is 6.59. The summed E-state index contributed by atoms with van der Waals surface area (Å²) in [7, 11) is 0. The van der Waals surface area contributed by atoms with Gasteiger partial charge >= 0.3 is 11.7 Å². The lowest BCUT2D eigenvalue weighted by Crippen LogP contribution is -2.32. The monoisotopic (exact) mass is 477 g/mol. The molecule has 0 fully saturated rings. The number of benzene rings is 2. The van der Waals surface area contributed by atoms with E-state index < -0.39 is 36.6 Å². The molecule has 1 atom stereocenters. The van der Waals surface area contributed by atoms with Crippen molar-refractivity contribution in [2.45, 2.75) is 19.5 Å². The van der Waals surface area contributed by atoms with Crippen molar-refractivity contribution in [2.24, 2.45) is 0 Å². The fourth-order valence-corrected chi connectivity index (χ4v) is 2.81. The Morgan fingerprint density at radius 1 is 1.20 bits per heavy atom. The van der Waals surface area contributed by atoms with Gasteiger partial charge in [0.1, 0.15) is 12.4 Å². The van der Waals surface area contributed by atoms with Crippen molar-refractivity contribution in [3.8, 4) is 11.5 Å². The predicted molar refractivity (Wildman–Crippen MR) is 108 cm³/mol. The summed E-state index contributed by atoms with van der Waals surface area (Å²) in [6.07, 6.45) is 0. The average molecular weight is 478 g/mol. The molecule has 0 bridgehead atoms. The van der Waals surface area contributed by atoms with E-state index in [0.717, 1.165) is 14.7 Å². The quantitative estimate of drug-likeness (QED) is 0.524. The number of carbonyl (C=O) groups is 2. The van der Waals surface area contributed by atoms with Crippen LogP contribution in [0.3, 0.4) is 0 Å². The third kappa shape index (κ3) is 5.63. The second kappa shape index (κ2) is 9.49. The Bertz CT molecular complexity index is 1090. The van der Waals surface area contributed by atoms with Gasteiger partial charge in [-0.2, -0.15) is 4.68 Å². The minimum absolute atomic E-state index is 0.0612. The molecule has 0 saturated carbocycles. The summed E-state index contributed by atoms with van der Waals surface area (Å²) in [6, 6.07) is 12.3. The highest BCUT2D eigenvalue weighted by Crippen LogP contribution is 2.17. The molecule has 156 valence electrons. The number of hydrogen-bond donors (Lipinski definition) is 1. The number of rotatable bonds is 7. The van der Waals surface area contributed by atoms with Crippen LogP contribution >= 0.6 is 15.9 Å². The zero-order valence-corrected chi connectivity index (χ0v) is 17.4. The molecule has 0 aliphatic heterocycles. The second-order valence-electron chi connectivity index (χ2n) is 6.34. The lowest BCUT2D eigenvalue weighted by atomic mass is 10.1. The first-order valence-corrected chi connectivity index (χ1v) is 9.65. The van der Waals surface area contributed by atoms with Crippen LogP contribution in [0.25, 0.3) is 11.5 Å². The molecule has 0 aliphatic carbocycles. The van der Waals surface area contributed by atoms with Crippen LogP contribution in [-0.2, 0) is 20.9 Å². The van der Waals surface area contributed by atoms with Crippen LogP contribution in [0.1, 0.15) is 18.5 Å². The Labute approximate surface area is 178 Å². The zero-order chi connectivity index (χ0) is 21.7. The zero-order valence-electron chi connectivity index (χ0n) is 15.8. The summed E-state index contributed by atoms with van der Waals surface area (Å²) < 4.78 is 24.5. The first-order valence-electron chi connectivity index (χ1n) is 8.86. The van der Waals surface area contributed by atoms with Gasteiger partial charge in [0, 0.05) is 10.0 Å². The SMILES string of the molecule is CC(NC(=O)COC(=O)Cn1nc(-c2ccc(F)cc2)oc1=O)c1ccc(Br)cc1.